The highest BCUT2D eigenvalue weighted by molar-refractivity contribution is 7.99. The lowest BCUT2D eigenvalue weighted by Gasteiger charge is -2.33. The van der Waals surface area contributed by atoms with Crippen LogP contribution in [0, 0.1) is 6.92 Å². The number of hydrogen-bond acceptors (Lipinski definition) is 6. The first kappa shape index (κ1) is 21.6. The summed E-state index contributed by atoms with van der Waals surface area (Å²) >= 11 is 1.42. The topological polar surface area (TPSA) is 76.2 Å². The summed E-state index contributed by atoms with van der Waals surface area (Å²) in [5.74, 6) is 2.05. The Balaban J connectivity index is 1.33. The van der Waals surface area contributed by atoms with Gasteiger partial charge in [-0.3, -0.25) is 9.69 Å². The van der Waals surface area contributed by atoms with Gasteiger partial charge in [-0.1, -0.05) is 48.5 Å². The van der Waals surface area contributed by atoms with Gasteiger partial charge in [-0.2, -0.15) is 0 Å². The molecule has 8 heteroatoms. The Hall–Kier alpha value is -2.58. The van der Waals surface area contributed by atoms with Crippen LogP contribution in [0.5, 0.6) is 0 Å². The van der Waals surface area contributed by atoms with Gasteiger partial charge in [0.2, 0.25) is 5.91 Å². The molecule has 0 aliphatic carbocycles. The molecule has 2 aromatic heterocycles. The molecule has 1 fully saturated rings. The number of carbonyl (C=O) groups excluding carboxylic acids is 1. The van der Waals surface area contributed by atoms with E-state index in [4.69, 9.17) is 4.42 Å². The van der Waals surface area contributed by atoms with Crippen molar-refractivity contribution in [1.29, 1.82) is 0 Å². The molecular weight excluding hydrogens is 410 g/mol. The molecular formula is C23H29N5O2S. The highest BCUT2D eigenvalue weighted by Gasteiger charge is 2.25. The third kappa shape index (κ3) is 5.77. The summed E-state index contributed by atoms with van der Waals surface area (Å²) in [7, 11) is 0. The molecule has 3 aromatic rings. The molecule has 1 atom stereocenters. The van der Waals surface area contributed by atoms with Crippen molar-refractivity contribution in [2.45, 2.75) is 43.9 Å². The summed E-state index contributed by atoms with van der Waals surface area (Å²) in [5.41, 5.74) is 1.18. The Bertz CT molecular complexity index is 952. The molecule has 1 aromatic carbocycles. The Kier molecular flexibility index (Phi) is 7.43. The van der Waals surface area contributed by atoms with Crippen molar-refractivity contribution < 1.29 is 9.21 Å². The number of nitrogens with one attached hydrogen (secondary N) is 1. The number of furan rings is 1. The number of thioether (sulfide) groups is 1. The van der Waals surface area contributed by atoms with Crippen molar-refractivity contribution >= 4 is 17.7 Å². The Morgan fingerprint density at radius 3 is 2.68 bits per heavy atom. The van der Waals surface area contributed by atoms with Crippen molar-refractivity contribution in [3.63, 3.8) is 0 Å². The molecule has 1 N–H and O–H groups in total. The summed E-state index contributed by atoms with van der Waals surface area (Å²) in [6, 6.07) is 14.2. The number of aryl methyl sites for hydroxylation is 1. The second-order valence-electron chi connectivity index (χ2n) is 7.82. The average Bonchev–Trinajstić information content (AvgIpc) is 3.45. The molecule has 0 bridgehead atoms. The lowest BCUT2D eigenvalue weighted by molar-refractivity contribution is -0.118. The van der Waals surface area contributed by atoms with Crippen LogP contribution in [0.4, 0.5) is 0 Å². The van der Waals surface area contributed by atoms with E-state index in [0.717, 1.165) is 29.8 Å². The maximum Gasteiger partial charge on any atom is 0.230 e. The smallest absolute Gasteiger partial charge is 0.230 e. The van der Waals surface area contributed by atoms with Gasteiger partial charge in [0.15, 0.2) is 5.16 Å². The number of carbonyl (C=O) groups is 1. The summed E-state index contributed by atoms with van der Waals surface area (Å²) in [5, 5.41) is 12.3. The van der Waals surface area contributed by atoms with Crippen LogP contribution in [-0.2, 0) is 11.3 Å². The van der Waals surface area contributed by atoms with E-state index in [0.29, 0.717) is 18.8 Å². The highest BCUT2D eigenvalue weighted by Crippen LogP contribution is 2.25. The predicted octanol–water partition coefficient (Wildman–Crippen LogP) is 3.66. The fourth-order valence-corrected chi connectivity index (χ4v) is 4.74. The summed E-state index contributed by atoms with van der Waals surface area (Å²) in [6.07, 6.45) is 5.36. The number of amides is 1. The Labute approximate surface area is 187 Å². The van der Waals surface area contributed by atoms with Crippen LogP contribution in [-0.4, -0.2) is 51.0 Å². The number of benzene rings is 1. The number of aromatic nitrogens is 3. The van der Waals surface area contributed by atoms with E-state index in [1.807, 2.05) is 41.8 Å². The van der Waals surface area contributed by atoms with Gasteiger partial charge in [-0.15, -0.1) is 10.2 Å². The molecule has 164 valence electrons. The van der Waals surface area contributed by atoms with E-state index in [1.165, 1.54) is 36.6 Å². The van der Waals surface area contributed by atoms with E-state index >= 15 is 0 Å². The van der Waals surface area contributed by atoms with Crippen LogP contribution in [0.1, 0.15) is 42.5 Å². The van der Waals surface area contributed by atoms with Crippen molar-refractivity contribution in [2.75, 3.05) is 25.4 Å². The molecule has 1 unspecified atom stereocenters. The van der Waals surface area contributed by atoms with Crippen LogP contribution in [0.15, 0.2) is 58.3 Å². The SMILES string of the molecule is Cc1nnc(SCC(=O)NCC(c2ccco2)N2CCCCC2)n1Cc1ccccc1. The lowest BCUT2D eigenvalue weighted by atomic mass is 10.1. The highest BCUT2D eigenvalue weighted by atomic mass is 32.2. The van der Waals surface area contributed by atoms with E-state index in [1.54, 1.807) is 6.26 Å². The fourth-order valence-electron chi connectivity index (χ4n) is 3.93. The standard InChI is InChI=1S/C23H29N5O2S/c1-18-25-26-23(28(18)16-19-9-4-2-5-10-19)31-17-22(29)24-15-20(21-11-8-14-30-21)27-12-6-3-7-13-27/h2,4-5,8-11,14,20H,3,6-7,12-13,15-17H2,1H3,(H,24,29). The average molecular weight is 440 g/mol. The first-order valence-corrected chi connectivity index (χ1v) is 11.8. The molecule has 1 saturated heterocycles. The molecule has 4 rings (SSSR count). The second-order valence-corrected chi connectivity index (χ2v) is 8.76. The van der Waals surface area contributed by atoms with Crippen molar-refractivity contribution in [1.82, 2.24) is 25.0 Å². The number of piperidine rings is 1. The predicted molar refractivity (Wildman–Crippen MR) is 121 cm³/mol. The minimum absolute atomic E-state index is 0.00882. The van der Waals surface area contributed by atoms with E-state index in [9.17, 15) is 4.79 Å². The molecule has 0 spiro atoms. The molecule has 1 amide bonds. The largest absolute Gasteiger partial charge is 0.468 e. The van der Waals surface area contributed by atoms with E-state index < -0.39 is 0 Å². The maximum absolute atomic E-state index is 12.6. The first-order chi connectivity index (χ1) is 15.2. The Morgan fingerprint density at radius 2 is 1.94 bits per heavy atom. The fraction of sp³-hybridized carbons (Fsp3) is 0.435. The van der Waals surface area contributed by atoms with E-state index in [2.05, 4.69) is 32.5 Å². The molecule has 1 aliphatic rings. The van der Waals surface area contributed by atoms with Gasteiger partial charge in [-0.25, -0.2) is 0 Å². The first-order valence-electron chi connectivity index (χ1n) is 10.8. The molecule has 31 heavy (non-hydrogen) atoms. The third-order valence-electron chi connectivity index (χ3n) is 5.61. The second kappa shape index (κ2) is 10.6. The molecule has 3 heterocycles. The van der Waals surface area contributed by atoms with Crippen molar-refractivity contribution in [2.24, 2.45) is 0 Å². The monoisotopic (exact) mass is 439 g/mol. The maximum atomic E-state index is 12.6. The van der Waals surface area contributed by atoms with Gasteiger partial charge in [0, 0.05) is 6.54 Å². The number of nitrogens with zero attached hydrogens (tertiary/aromatic N) is 4. The van der Waals surface area contributed by atoms with Crippen molar-refractivity contribution in [3.8, 4) is 0 Å². The molecule has 1 aliphatic heterocycles. The zero-order chi connectivity index (χ0) is 21.5. The zero-order valence-electron chi connectivity index (χ0n) is 17.9. The van der Waals surface area contributed by atoms with Crippen LogP contribution in [0.25, 0.3) is 0 Å². The van der Waals surface area contributed by atoms with Gasteiger partial charge in [0.25, 0.3) is 0 Å². The minimum Gasteiger partial charge on any atom is -0.468 e. The molecule has 7 nitrogen and oxygen atoms in total. The normalized spacial score (nSPS) is 15.6. The van der Waals surface area contributed by atoms with E-state index in [-0.39, 0.29) is 11.9 Å². The minimum atomic E-state index is -0.00882. The summed E-state index contributed by atoms with van der Waals surface area (Å²) < 4.78 is 7.71. The van der Waals surface area contributed by atoms with Crippen molar-refractivity contribution in [3.05, 3.63) is 65.9 Å². The number of hydrogen-bond donors (Lipinski definition) is 1. The quantitative estimate of drug-likeness (QED) is 0.513. The summed E-state index contributed by atoms with van der Waals surface area (Å²) in [4.78, 5) is 15.0. The van der Waals surface area contributed by atoms with Gasteiger partial charge < -0.3 is 14.3 Å². The number of rotatable bonds is 9. The summed E-state index contributed by atoms with van der Waals surface area (Å²) in [6.45, 7) is 5.25. The van der Waals surface area contributed by atoms with Crippen LogP contribution < -0.4 is 5.32 Å². The lowest BCUT2D eigenvalue weighted by Crippen LogP contribution is -2.40. The van der Waals surface area contributed by atoms with Gasteiger partial charge in [0.05, 0.1) is 24.6 Å². The molecule has 0 saturated carbocycles. The van der Waals surface area contributed by atoms with Crippen LogP contribution in [0.2, 0.25) is 0 Å². The van der Waals surface area contributed by atoms with Gasteiger partial charge >= 0.3 is 0 Å². The van der Waals surface area contributed by atoms with Gasteiger partial charge in [-0.05, 0) is 50.6 Å². The molecule has 0 radical (unpaired) electrons. The van der Waals surface area contributed by atoms with Gasteiger partial charge in [0.1, 0.15) is 11.6 Å². The third-order valence-corrected chi connectivity index (χ3v) is 6.58. The number of likely N-dealkylation sites (tertiary alicyclic amines) is 1. The Morgan fingerprint density at radius 1 is 1.13 bits per heavy atom. The van der Waals surface area contributed by atoms with Crippen LogP contribution >= 0.6 is 11.8 Å². The zero-order valence-corrected chi connectivity index (χ0v) is 18.7. The van der Waals surface area contributed by atoms with Crippen LogP contribution in [0.3, 0.4) is 0 Å².